The lowest BCUT2D eigenvalue weighted by Crippen LogP contribution is -2.44. The molecule has 0 radical (unpaired) electrons. The van der Waals surface area contributed by atoms with E-state index in [0.29, 0.717) is 17.2 Å². The Morgan fingerprint density at radius 3 is 2.41 bits per heavy atom. The predicted octanol–water partition coefficient (Wildman–Crippen LogP) is 4.87. The molecule has 7 heteroatoms. The zero-order valence-corrected chi connectivity index (χ0v) is 17.6. The third-order valence-corrected chi connectivity index (χ3v) is 5.99. The average molecular weight is 424 g/mol. The molecular formula is C20H23Cl2N3OS. The van der Waals surface area contributed by atoms with Crippen LogP contribution in [0.1, 0.15) is 6.42 Å². The predicted molar refractivity (Wildman–Crippen MR) is 117 cm³/mol. The molecule has 1 N–H and O–H groups in total. The molecule has 1 heterocycles. The molecule has 0 aromatic heterocycles. The van der Waals surface area contributed by atoms with Crippen LogP contribution in [0.3, 0.4) is 0 Å². The maximum Gasteiger partial charge on any atom is 0.225 e. The van der Waals surface area contributed by atoms with E-state index in [1.807, 2.05) is 42.5 Å². The quantitative estimate of drug-likeness (QED) is 0.672. The Kier molecular flexibility index (Phi) is 7.30. The number of thioether (sulfide) groups is 1. The first kappa shape index (κ1) is 20.3. The Labute approximate surface area is 174 Å². The number of likely N-dealkylation sites (N-methyl/N-ethyl adjacent to an activating group) is 1. The van der Waals surface area contributed by atoms with E-state index in [-0.39, 0.29) is 5.91 Å². The normalized spacial score (nSPS) is 15.0. The number of halogens is 2. The van der Waals surface area contributed by atoms with Crippen molar-refractivity contribution >= 4 is 52.2 Å². The van der Waals surface area contributed by atoms with Gasteiger partial charge >= 0.3 is 0 Å². The zero-order valence-electron chi connectivity index (χ0n) is 15.3. The third kappa shape index (κ3) is 6.04. The van der Waals surface area contributed by atoms with Crippen LogP contribution in [0.5, 0.6) is 0 Å². The third-order valence-electron chi connectivity index (χ3n) is 4.49. The van der Waals surface area contributed by atoms with E-state index in [4.69, 9.17) is 23.2 Å². The van der Waals surface area contributed by atoms with Gasteiger partial charge in [-0.15, -0.1) is 11.8 Å². The fraction of sp³-hybridized carbons (Fsp3) is 0.350. The van der Waals surface area contributed by atoms with Gasteiger partial charge in [0.1, 0.15) is 0 Å². The second-order valence-electron chi connectivity index (χ2n) is 6.55. The zero-order chi connectivity index (χ0) is 19.2. The Bertz CT molecular complexity index is 777. The Balaban J connectivity index is 1.58. The van der Waals surface area contributed by atoms with Crippen LogP contribution in [0.4, 0.5) is 11.4 Å². The molecule has 1 amide bonds. The molecule has 144 valence electrons. The molecule has 0 aliphatic carbocycles. The number of nitrogens with one attached hydrogen (secondary N) is 1. The van der Waals surface area contributed by atoms with Crippen LogP contribution >= 0.6 is 35.0 Å². The summed E-state index contributed by atoms with van der Waals surface area (Å²) in [5.41, 5.74) is 1.82. The van der Waals surface area contributed by atoms with Crippen LogP contribution in [0, 0.1) is 0 Å². The lowest BCUT2D eigenvalue weighted by atomic mass is 10.2. The van der Waals surface area contributed by atoms with Gasteiger partial charge in [0.2, 0.25) is 5.91 Å². The molecule has 1 saturated heterocycles. The topological polar surface area (TPSA) is 35.6 Å². The number of hydrogen-bond acceptors (Lipinski definition) is 4. The Hall–Kier alpha value is -1.40. The van der Waals surface area contributed by atoms with Crippen molar-refractivity contribution in [2.75, 3.05) is 49.2 Å². The van der Waals surface area contributed by atoms with Crippen LogP contribution in [-0.4, -0.2) is 49.8 Å². The van der Waals surface area contributed by atoms with Crippen molar-refractivity contribution in [3.05, 3.63) is 52.5 Å². The minimum Gasteiger partial charge on any atom is -0.367 e. The second kappa shape index (κ2) is 9.69. The molecule has 0 spiro atoms. The summed E-state index contributed by atoms with van der Waals surface area (Å²) in [5.74, 6) is 0.701. The summed E-state index contributed by atoms with van der Waals surface area (Å²) < 4.78 is 0. The van der Waals surface area contributed by atoms with Crippen LogP contribution < -0.4 is 10.2 Å². The lowest BCUT2D eigenvalue weighted by Gasteiger charge is -2.35. The minimum absolute atomic E-state index is 0.00546. The first-order valence-electron chi connectivity index (χ1n) is 8.92. The Morgan fingerprint density at radius 1 is 1.04 bits per heavy atom. The summed E-state index contributed by atoms with van der Waals surface area (Å²) in [4.78, 5) is 18.1. The van der Waals surface area contributed by atoms with E-state index in [9.17, 15) is 4.79 Å². The monoisotopic (exact) mass is 423 g/mol. The van der Waals surface area contributed by atoms with E-state index in [2.05, 4.69) is 22.2 Å². The maximum absolute atomic E-state index is 12.4. The molecule has 0 unspecified atom stereocenters. The summed E-state index contributed by atoms with van der Waals surface area (Å²) >= 11 is 13.7. The molecule has 0 atom stereocenters. The summed E-state index contributed by atoms with van der Waals surface area (Å²) in [7, 11) is 2.13. The SMILES string of the molecule is CN1CCN(c2ccc(Cl)cc2NC(=O)CCSc2ccc(Cl)cc2)CC1. The van der Waals surface area contributed by atoms with Gasteiger partial charge in [-0.05, 0) is 49.5 Å². The highest BCUT2D eigenvalue weighted by atomic mass is 35.5. The largest absolute Gasteiger partial charge is 0.367 e. The molecule has 2 aromatic rings. The van der Waals surface area contributed by atoms with Crippen molar-refractivity contribution in [3.8, 4) is 0 Å². The summed E-state index contributed by atoms with van der Waals surface area (Å²) in [6.07, 6.45) is 0.433. The van der Waals surface area contributed by atoms with Gasteiger partial charge in [0.05, 0.1) is 11.4 Å². The number of amides is 1. The van der Waals surface area contributed by atoms with Gasteiger partial charge in [-0.1, -0.05) is 23.2 Å². The molecular weight excluding hydrogens is 401 g/mol. The molecule has 2 aromatic carbocycles. The van der Waals surface area contributed by atoms with E-state index in [1.165, 1.54) is 0 Å². The Morgan fingerprint density at radius 2 is 1.70 bits per heavy atom. The van der Waals surface area contributed by atoms with Gasteiger partial charge in [0, 0.05) is 53.3 Å². The smallest absolute Gasteiger partial charge is 0.225 e. The van der Waals surface area contributed by atoms with E-state index < -0.39 is 0 Å². The van der Waals surface area contributed by atoms with Crippen molar-refractivity contribution in [3.63, 3.8) is 0 Å². The van der Waals surface area contributed by atoms with Gasteiger partial charge in [0.25, 0.3) is 0 Å². The molecule has 3 rings (SSSR count). The number of nitrogens with zero attached hydrogens (tertiary/aromatic N) is 2. The summed E-state index contributed by atoms with van der Waals surface area (Å²) in [6, 6.07) is 13.4. The van der Waals surface area contributed by atoms with Crippen LogP contribution in [0.2, 0.25) is 10.0 Å². The van der Waals surface area contributed by atoms with Crippen LogP contribution in [0.25, 0.3) is 0 Å². The molecule has 0 saturated carbocycles. The standard InChI is InChI=1S/C20H23Cl2N3OS/c1-24-9-11-25(12-10-24)19-7-4-16(22)14-18(19)23-20(26)8-13-27-17-5-2-15(21)3-6-17/h2-7,14H,8-13H2,1H3,(H,23,26). The fourth-order valence-electron chi connectivity index (χ4n) is 2.94. The lowest BCUT2D eigenvalue weighted by molar-refractivity contribution is -0.115. The van der Waals surface area contributed by atoms with Crippen LogP contribution in [0.15, 0.2) is 47.4 Å². The van der Waals surface area contributed by atoms with Crippen molar-refractivity contribution < 1.29 is 4.79 Å². The molecule has 27 heavy (non-hydrogen) atoms. The van der Waals surface area contributed by atoms with Gasteiger partial charge in [-0.25, -0.2) is 0 Å². The number of hydrogen-bond donors (Lipinski definition) is 1. The number of carbonyl (C=O) groups excluding carboxylic acids is 1. The first-order chi connectivity index (χ1) is 13.0. The first-order valence-corrected chi connectivity index (χ1v) is 10.7. The number of piperazine rings is 1. The molecule has 1 aliphatic heterocycles. The maximum atomic E-state index is 12.4. The summed E-state index contributed by atoms with van der Waals surface area (Å²) in [5, 5.41) is 4.38. The van der Waals surface area contributed by atoms with Crippen LogP contribution in [-0.2, 0) is 4.79 Å². The van der Waals surface area contributed by atoms with E-state index in [0.717, 1.165) is 47.5 Å². The summed E-state index contributed by atoms with van der Waals surface area (Å²) in [6.45, 7) is 3.89. The van der Waals surface area contributed by atoms with Gasteiger partial charge < -0.3 is 15.1 Å². The second-order valence-corrected chi connectivity index (χ2v) is 8.59. The number of benzene rings is 2. The van der Waals surface area contributed by atoms with Crippen molar-refractivity contribution in [1.29, 1.82) is 0 Å². The van der Waals surface area contributed by atoms with Crippen molar-refractivity contribution in [1.82, 2.24) is 4.90 Å². The molecule has 1 aliphatic rings. The highest BCUT2D eigenvalue weighted by Crippen LogP contribution is 2.30. The fourth-order valence-corrected chi connectivity index (χ4v) is 4.09. The highest BCUT2D eigenvalue weighted by molar-refractivity contribution is 7.99. The van der Waals surface area contributed by atoms with E-state index in [1.54, 1.807) is 11.8 Å². The van der Waals surface area contributed by atoms with Gasteiger partial charge in [-0.3, -0.25) is 4.79 Å². The highest BCUT2D eigenvalue weighted by Gasteiger charge is 2.18. The minimum atomic E-state index is -0.00546. The molecule has 0 bridgehead atoms. The van der Waals surface area contributed by atoms with Gasteiger partial charge in [-0.2, -0.15) is 0 Å². The number of carbonyl (C=O) groups is 1. The van der Waals surface area contributed by atoms with Gasteiger partial charge in [0.15, 0.2) is 0 Å². The number of anilines is 2. The molecule has 1 fully saturated rings. The van der Waals surface area contributed by atoms with Crippen molar-refractivity contribution in [2.24, 2.45) is 0 Å². The molecule has 4 nitrogen and oxygen atoms in total. The van der Waals surface area contributed by atoms with Crippen molar-refractivity contribution in [2.45, 2.75) is 11.3 Å². The number of rotatable bonds is 6. The van der Waals surface area contributed by atoms with E-state index >= 15 is 0 Å². The average Bonchev–Trinajstić information content (AvgIpc) is 2.64.